The molecule has 0 spiro atoms. The number of amides is 1. The minimum Gasteiger partial charge on any atom is -0.468 e. The number of esters is 1. The molecule has 3 atom stereocenters. The van der Waals surface area contributed by atoms with Crippen molar-refractivity contribution >= 4 is 32.1 Å². The Morgan fingerprint density at radius 1 is 1.21 bits per heavy atom. The maximum absolute atomic E-state index is 12.2. The molecule has 24 heavy (non-hydrogen) atoms. The van der Waals surface area contributed by atoms with Crippen molar-refractivity contribution in [2.75, 3.05) is 20.0 Å². The molecular weight excluding hydrogens is 350 g/mol. The fraction of sp³-hybridized carbons (Fsp3) is 0.867. The second-order valence-corrected chi connectivity index (χ2v) is 13.1. The second kappa shape index (κ2) is 7.63. The van der Waals surface area contributed by atoms with Crippen LogP contribution in [0, 0.1) is 0 Å². The molecule has 1 rings (SSSR count). The quantitative estimate of drug-likeness (QED) is 0.446. The molecule has 9 heteroatoms. The van der Waals surface area contributed by atoms with E-state index in [4.69, 9.17) is 18.6 Å². The van der Waals surface area contributed by atoms with Crippen LogP contribution in [0.25, 0.3) is 0 Å². The topological polar surface area (TPSA) is 83.1 Å². The molecule has 0 saturated carbocycles. The van der Waals surface area contributed by atoms with Crippen molar-refractivity contribution in [1.29, 1.82) is 0 Å². The Labute approximate surface area is 149 Å². The van der Waals surface area contributed by atoms with E-state index < -0.39 is 43.1 Å². The van der Waals surface area contributed by atoms with Gasteiger partial charge in [0.1, 0.15) is 5.60 Å². The molecule has 1 unspecified atom stereocenters. The summed E-state index contributed by atoms with van der Waals surface area (Å²) in [6.07, 6.45) is -0.570. The van der Waals surface area contributed by atoms with Crippen LogP contribution >= 0.6 is 11.8 Å². The summed E-state index contributed by atoms with van der Waals surface area (Å²) >= 11 is 1.34. The molecule has 1 amide bonds. The molecule has 0 bridgehead atoms. The standard InChI is InChI=1S/C15H29NO6SSi/c1-14(2,3)21-13(18)16-10-9-23-11(12(17)19-4)15(10,20-5)22-24(6,7)8/h10-11H,9H2,1-8H3,(H,16,18)/t10-,11?,15-/m1/s1. The molecule has 0 aromatic heterocycles. The van der Waals surface area contributed by atoms with Crippen LogP contribution in [0.3, 0.4) is 0 Å². The third kappa shape index (κ3) is 5.37. The number of ether oxygens (including phenoxy) is 3. The number of rotatable bonds is 5. The van der Waals surface area contributed by atoms with E-state index >= 15 is 0 Å². The summed E-state index contributed by atoms with van der Waals surface area (Å²) in [5.41, 5.74) is -0.618. The number of carbonyl (C=O) groups excluding carboxylic acids is 2. The lowest BCUT2D eigenvalue weighted by Gasteiger charge is -2.41. The van der Waals surface area contributed by atoms with Crippen molar-refractivity contribution in [3.63, 3.8) is 0 Å². The van der Waals surface area contributed by atoms with Gasteiger partial charge < -0.3 is 24.0 Å². The van der Waals surface area contributed by atoms with Gasteiger partial charge in [0.15, 0.2) is 13.6 Å². The van der Waals surface area contributed by atoms with Crippen LogP contribution in [0.5, 0.6) is 0 Å². The highest BCUT2D eigenvalue weighted by molar-refractivity contribution is 8.01. The van der Waals surface area contributed by atoms with Gasteiger partial charge in [-0.25, -0.2) is 4.79 Å². The predicted octanol–water partition coefficient (Wildman–Crippen LogP) is 2.36. The second-order valence-electron chi connectivity index (χ2n) is 7.58. The van der Waals surface area contributed by atoms with E-state index in [2.05, 4.69) is 5.32 Å². The molecule has 1 aliphatic heterocycles. The van der Waals surface area contributed by atoms with E-state index in [1.54, 1.807) is 20.8 Å². The summed E-state index contributed by atoms with van der Waals surface area (Å²) < 4.78 is 22.1. The first kappa shape index (κ1) is 21.3. The molecule has 0 aromatic carbocycles. The highest BCUT2D eigenvalue weighted by Gasteiger charge is 2.59. The van der Waals surface area contributed by atoms with Crippen molar-refractivity contribution < 1.29 is 28.2 Å². The lowest BCUT2D eigenvalue weighted by molar-refractivity contribution is -0.192. The summed E-state index contributed by atoms with van der Waals surface area (Å²) in [5.74, 6) is -1.26. The number of hydrogen-bond acceptors (Lipinski definition) is 7. The van der Waals surface area contributed by atoms with Gasteiger partial charge in [-0.2, -0.15) is 0 Å². The highest BCUT2D eigenvalue weighted by Crippen LogP contribution is 2.42. The lowest BCUT2D eigenvalue weighted by atomic mass is 10.1. The Kier molecular flexibility index (Phi) is 6.76. The fourth-order valence-electron chi connectivity index (χ4n) is 2.43. The van der Waals surface area contributed by atoms with Crippen LogP contribution in [0.15, 0.2) is 0 Å². The number of methoxy groups -OCH3 is 2. The van der Waals surface area contributed by atoms with E-state index in [1.165, 1.54) is 26.0 Å². The number of alkyl carbamates (subject to hydrolysis) is 1. The van der Waals surface area contributed by atoms with Crippen LogP contribution in [0.1, 0.15) is 20.8 Å². The molecule has 1 N–H and O–H groups in total. The third-order valence-electron chi connectivity index (χ3n) is 3.17. The van der Waals surface area contributed by atoms with Gasteiger partial charge >= 0.3 is 12.1 Å². The van der Waals surface area contributed by atoms with Crippen molar-refractivity contribution in [3.8, 4) is 0 Å². The molecule has 1 heterocycles. The Morgan fingerprint density at radius 2 is 1.79 bits per heavy atom. The SMILES string of the molecule is COC(=O)C1SC[C@@H](NC(=O)OC(C)(C)C)[C@@]1(OC)O[Si](C)(C)C. The van der Waals surface area contributed by atoms with Gasteiger partial charge in [-0.15, -0.1) is 11.8 Å². The van der Waals surface area contributed by atoms with E-state index in [0.717, 1.165) is 0 Å². The fourth-order valence-corrected chi connectivity index (χ4v) is 5.29. The Morgan fingerprint density at radius 3 is 2.21 bits per heavy atom. The van der Waals surface area contributed by atoms with Crippen molar-refractivity contribution in [2.45, 2.75) is 63.1 Å². The zero-order valence-electron chi connectivity index (χ0n) is 15.7. The Balaban J connectivity index is 3.08. The molecule has 140 valence electrons. The van der Waals surface area contributed by atoms with Crippen LogP contribution in [-0.4, -0.2) is 63.0 Å². The number of nitrogens with one attached hydrogen (secondary N) is 1. The Hall–Kier alpha value is -0.773. The van der Waals surface area contributed by atoms with Crippen LogP contribution in [0.2, 0.25) is 19.6 Å². The molecule has 1 aliphatic rings. The zero-order chi connectivity index (χ0) is 18.8. The van der Waals surface area contributed by atoms with Gasteiger partial charge in [-0.3, -0.25) is 4.79 Å². The average Bonchev–Trinajstić information content (AvgIpc) is 2.72. The van der Waals surface area contributed by atoms with Crippen molar-refractivity contribution in [1.82, 2.24) is 5.32 Å². The van der Waals surface area contributed by atoms with Gasteiger partial charge in [-0.05, 0) is 40.4 Å². The van der Waals surface area contributed by atoms with Crippen molar-refractivity contribution in [2.24, 2.45) is 0 Å². The first-order valence-corrected chi connectivity index (χ1v) is 12.2. The summed E-state index contributed by atoms with van der Waals surface area (Å²) in [6.45, 7) is 11.3. The van der Waals surface area contributed by atoms with Gasteiger partial charge in [0.25, 0.3) is 0 Å². The van der Waals surface area contributed by atoms with E-state index in [0.29, 0.717) is 5.75 Å². The smallest absolute Gasteiger partial charge is 0.408 e. The van der Waals surface area contributed by atoms with Crippen molar-refractivity contribution in [3.05, 3.63) is 0 Å². The van der Waals surface area contributed by atoms with Gasteiger partial charge in [-0.1, -0.05) is 0 Å². The Bertz CT molecular complexity index is 476. The highest BCUT2D eigenvalue weighted by atomic mass is 32.2. The lowest BCUT2D eigenvalue weighted by Crippen LogP contribution is -2.63. The van der Waals surface area contributed by atoms with Gasteiger partial charge in [0.2, 0.25) is 5.79 Å². The summed E-state index contributed by atoms with van der Waals surface area (Å²) in [6, 6.07) is -0.529. The van der Waals surface area contributed by atoms with Crippen LogP contribution < -0.4 is 5.32 Å². The minimum absolute atomic E-state index is 0.436. The van der Waals surface area contributed by atoms with Gasteiger partial charge in [0, 0.05) is 12.9 Å². The third-order valence-corrected chi connectivity index (χ3v) is 5.48. The number of thioether (sulfide) groups is 1. The molecule has 7 nitrogen and oxygen atoms in total. The van der Waals surface area contributed by atoms with E-state index in [1.807, 2.05) is 19.6 Å². The first-order chi connectivity index (χ1) is 10.8. The van der Waals surface area contributed by atoms with Gasteiger partial charge in [0.05, 0.1) is 13.2 Å². The predicted molar refractivity (Wildman–Crippen MR) is 95.6 cm³/mol. The summed E-state index contributed by atoms with van der Waals surface area (Å²) in [4.78, 5) is 24.4. The molecule has 0 aliphatic carbocycles. The largest absolute Gasteiger partial charge is 0.468 e. The average molecular weight is 380 g/mol. The molecule has 0 aromatic rings. The summed E-state index contributed by atoms with van der Waals surface area (Å²) in [7, 11) is 0.710. The summed E-state index contributed by atoms with van der Waals surface area (Å²) in [5, 5.41) is 2.11. The minimum atomic E-state index is -2.09. The van der Waals surface area contributed by atoms with E-state index in [-0.39, 0.29) is 0 Å². The normalized spacial score (nSPS) is 27.7. The molecular formula is C15H29NO6SSi. The van der Waals surface area contributed by atoms with Crippen LogP contribution in [-0.2, 0) is 23.4 Å². The first-order valence-electron chi connectivity index (χ1n) is 7.79. The van der Waals surface area contributed by atoms with Crippen LogP contribution in [0.4, 0.5) is 4.79 Å². The van der Waals surface area contributed by atoms with E-state index in [9.17, 15) is 9.59 Å². The zero-order valence-corrected chi connectivity index (χ0v) is 17.5. The molecule has 0 radical (unpaired) electrons. The molecule has 1 saturated heterocycles. The molecule has 1 fully saturated rings. The number of hydrogen-bond donors (Lipinski definition) is 1. The monoisotopic (exact) mass is 379 g/mol. The number of carbonyl (C=O) groups is 2. The maximum atomic E-state index is 12.2. The maximum Gasteiger partial charge on any atom is 0.408 e.